The zero-order valence-corrected chi connectivity index (χ0v) is 15.0. The van der Waals surface area contributed by atoms with Crippen LogP contribution in [0, 0.1) is 6.92 Å². The van der Waals surface area contributed by atoms with Crippen LogP contribution < -0.4 is 0 Å². The molecule has 25 heavy (non-hydrogen) atoms. The average Bonchev–Trinajstić information content (AvgIpc) is 3.09. The Morgan fingerprint density at radius 2 is 1.84 bits per heavy atom. The molecule has 124 valence electrons. The normalized spacial score (nSPS) is 11.1. The topological polar surface area (TPSA) is 51.8 Å². The van der Waals surface area contributed by atoms with Gasteiger partial charge in [0.05, 0.1) is 26.9 Å². The first-order chi connectivity index (χ1) is 12.2. The first-order valence-electron chi connectivity index (χ1n) is 7.77. The van der Waals surface area contributed by atoms with Gasteiger partial charge >= 0.3 is 0 Å². The molecule has 6 heteroatoms. The summed E-state index contributed by atoms with van der Waals surface area (Å²) in [5.74, 6) is 1.54. The number of thioether (sulfide) groups is 1. The molecule has 0 unspecified atom stereocenters. The molecule has 0 aliphatic carbocycles. The Morgan fingerprint density at radius 3 is 2.72 bits per heavy atom. The summed E-state index contributed by atoms with van der Waals surface area (Å²) in [6, 6.07) is 17.6. The van der Waals surface area contributed by atoms with Crippen molar-refractivity contribution in [2.24, 2.45) is 0 Å². The van der Waals surface area contributed by atoms with Crippen molar-refractivity contribution in [1.29, 1.82) is 0 Å². The second-order valence-corrected chi connectivity index (χ2v) is 6.97. The van der Waals surface area contributed by atoms with Gasteiger partial charge in [0, 0.05) is 5.39 Å². The Labute approximate surface area is 154 Å². The predicted molar refractivity (Wildman–Crippen MR) is 101 cm³/mol. The number of fused-ring (bicyclic) bond motifs is 1. The molecule has 0 amide bonds. The summed E-state index contributed by atoms with van der Waals surface area (Å²) < 4.78 is 5.73. The lowest BCUT2D eigenvalue weighted by Crippen LogP contribution is -1.88. The third-order valence-corrected chi connectivity index (χ3v) is 5.04. The number of nitrogens with zero attached hydrogens (tertiary/aromatic N) is 3. The minimum Gasteiger partial charge on any atom is -0.420 e. The van der Waals surface area contributed by atoms with E-state index in [0.717, 1.165) is 16.1 Å². The van der Waals surface area contributed by atoms with Crippen molar-refractivity contribution in [1.82, 2.24) is 15.2 Å². The third-order valence-electron chi connectivity index (χ3n) is 3.81. The summed E-state index contributed by atoms with van der Waals surface area (Å²) in [7, 11) is 0. The first-order valence-corrected chi connectivity index (χ1v) is 9.13. The quantitative estimate of drug-likeness (QED) is 0.443. The SMILES string of the molecule is Cc1cc(SCc2nnc(-c3ccccc3Cl)o2)nc2ccccc12. The number of para-hydroxylation sites is 1. The van der Waals surface area contributed by atoms with Crippen LogP contribution in [-0.4, -0.2) is 15.2 Å². The highest BCUT2D eigenvalue weighted by Gasteiger charge is 2.12. The number of aryl methyl sites for hydroxylation is 1. The van der Waals surface area contributed by atoms with E-state index in [-0.39, 0.29) is 0 Å². The maximum atomic E-state index is 6.17. The molecule has 4 nitrogen and oxygen atoms in total. The number of halogens is 1. The van der Waals surface area contributed by atoms with Crippen LogP contribution in [0.3, 0.4) is 0 Å². The molecule has 0 atom stereocenters. The van der Waals surface area contributed by atoms with Crippen LogP contribution in [0.2, 0.25) is 5.02 Å². The number of hydrogen-bond acceptors (Lipinski definition) is 5. The van der Waals surface area contributed by atoms with Crippen molar-refractivity contribution in [3.05, 3.63) is 71.1 Å². The molecule has 2 aromatic carbocycles. The second kappa shape index (κ2) is 6.86. The smallest absolute Gasteiger partial charge is 0.249 e. The molecule has 0 radical (unpaired) electrons. The van der Waals surface area contributed by atoms with E-state index in [1.807, 2.05) is 36.4 Å². The van der Waals surface area contributed by atoms with E-state index in [1.165, 1.54) is 10.9 Å². The average molecular weight is 368 g/mol. The van der Waals surface area contributed by atoms with E-state index >= 15 is 0 Å². The van der Waals surface area contributed by atoms with Gasteiger partial charge in [0.15, 0.2) is 0 Å². The Balaban J connectivity index is 1.53. The fourth-order valence-corrected chi connectivity index (χ4v) is 3.61. The Morgan fingerprint density at radius 1 is 1.04 bits per heavy atom. The monoisotopic (exact) mass is 367 g/mol. The van der Waals surface area contributed by atoms with Crippen molar-refractivity contribution >= 4 is 34.3 Å². The third kappa shape index (κ3) is 3.38. The fourth-order valence-electron chi connectivity index (χ4n) is 2.58. The molecule has 4 aromatic rings. The van der Waals surface area contributed by atoms with E-state index in [0.29, 0.717) is 22.6 Å². The van der Waals surface area contributed by atoms with Crippen LogP contribution in [0.25, 0.3) is 22.4 Å². The Kier molecular flexibility index (Phi) is 4.42. The molecule has 0 bridgehead atoms. The van der Waals surface area contributed by atoms with Gasteiger partial charge in [0.25, 0.3) is 0 Å². The van der Waals surface area contributed by atoms with Gasteiger partial charge in [-0.2, -0.15) is 0 Å². The van der Waals surface area contributed by atoms with Gasteiger partial charge in [0.1, 0.15) is 0 Å². The predicted octanol–water partition coefficient (Wildman–Crippen LogP) is 5.54. The van der Waals surface area contributed by atoms with Crippen LogP contribution in [-0.2, 0) is 5.75 Å². The molecular formula is C19H14ClN3OS. The van der Waals surface area contributed by atoms with Gasteiger partial charge in [0.2, 0.25) is 11.8 Å². The number of pyridine rings is 1. The number of hydrogen-bond donors (Lipinski definition) is 0. The van der Waals surface area contributed by atoms with Crippen LogP contribution in [0.5, 0.6) is 0 Å². The van der Waals surface area contributed by atoms with E-state index in [1.54, 1.807) is 17.8 Å². The Bertz CT molecular complexity index is 1050. The van der Waals surface area contributed by atoms with Crippen molar-refractivity contribution in [3.63, 3.8) is 0 Å². The molecule has 0 saturated carbocycles. The minimum atomic E-state index is 0.434. The summed E-state index contributed by atoms with van der Waals surface area (Å²) >= 11 is 7.75. The van der Waals surface area contributed by atoms with E-state index in [2.05, 4.69) is 34.2 Å². The number of benzene rings is 2. The van der Waals surface area contributed by atoms with E-state index in [4.69, 9.17) is 16.0 Å². The largest absolute Gasteiger partial charge is 0.420 e. The maximum Gasteiger partial charge on any atom is 0.249 e. The molecule has 2 heterocycles. The molecule has 0 spiro atoms. The molecule has 0 aliphatic rings. The zero-order chi connectivity index (χ0) is 17.2. The van der Waals surface area contributed by atoms with E-state index in [9.17, 15) is 0 Å². The summed E-state index contributed by atoms with van der Waals surface area (Å²) in [6.07, 6.45) is 0. The molecule has 0 N–H and O–H groups in total. The van der Waals surface area contributed by atoms with Crippen molar-refractivity contribution < 1.29 is 4.42 Å². The molecule has 0 saturated heterocycles. The zero-order valence-electron chi connectivity index (χ0n) is 13.4. The first kappa shape index (κ1) is 16.1. The lowest BCUT2D eigenvalue weighted by Gasteiger charge is -2.05. The summed E-state index contributed by atoms with van der Waals surface area (Å²) in [4.78, 5) is 4.68. The molecule has 0 fully saturated rings. The van der Waals surface area contributed by atoms with Crippen LogP contribution in [0.4, 0.5) is 0 Å². The van der Waals surface area contributed by atoms with Gasteiger partial charge in [-0.15, -0.1) is 10.2 Å². The molecule has 2 aromatic heterocycles. The lowest BCUT2D eigenvalue weighted by atomic mass is 10.1. The Hall–Kier alpha value is -2.37. The van der Waals surface area contributed by atoms with Crippen molar-refractivity contribution in [2.45, 2.75) is 17.7 Å². The van der Waals surface area contributed by atoms with Gasteiger partial charge in [-0.25, -0.2) is 4.98 Å². The highest BCUT2D eigenvalue weighted by atomic mass is 35.5. The standard InChI is InChI=1S/C19H14ClN3OS/c1-12-10-18(21-16-9-5-3-6-13(12)16)25-11-17-22-23-19(24-17)14-7-2-4-8-15(14)20/h2-10H,11H2,1H3. The van der Waals surface area contributed by atoms with Gasteiger partial charge in [-0.05, 0) is 36.8 Å². The highest BCUT2D eigenvalue weighted by molar-refractivity contribution is 7.98. The van der Waals surface area contributed by atoms with Crippen molar-refractivity contribution in [3.8, 4) is 11.5 Å². The van der Waals surface area contributed by atoms with Crippen LogP contribution >= 0.6 is 23.4 Å². The molecular weight excluding hydrogens is 354 g/mol. The molecule has 0 aliphatic heterocycles. The van der Waals surface area contributed by atoms with E-state index < -0.39 is 0 Å². The summed E-state index contributed by atoms with van der Waals surface area (Å²) in [5, 5.41) is 10.9. The maximum absolute atomic E-state index is 6.17. The van der Waals surface area contributed by atoms with Crippen LogP contribution in [0.15, 0.2) is 64.0 Å². The minimum absolute atomic E-state index is 0.434. The number of rotatable bonds is 4. The van der Waals surface area contributed by atoms with Gasteiger partial charge in [-0.1, -0.05) is 53.7 Å². The lowest BCUT2D eigenvalue weighted by molar-refractivity contribution is 0.528. The van der Waals surface area contributed by atoms with Crippen LogP contribution in [0.1, 0.15) is 11.5 Å². The molecule has 4 rings (SSSR count). The fraction of sp³-hybridized carbons (Fsp3) is 0.105. The number of aromatic nitrogens is 3. The summed E-state index contributed by atoms with van der Waals surface area (Å²) in [6.45, 7) is 2.09. The second-order valence-electron chi connectivity index (χ2n) is 5.56. The van der Waals surface area contributed by atoms with Gasteiger partial charge < -0.3 is 4.42 Å². The van der Waals surface area contributed by atoms with Gasteiger partial charge in [-0.3, -0.25) is 0 Å². The van der Waals surface area contributed by atoms with Crippen molar-refractivity contribution in [2.75, 3.05) is 0 Å². The summed E-state index contributed by atoms with van der Waals surface area (Å²) in [5.41, 5.74) is 2.94. The highest BCUT2D eigenvalue weighted by Crippen LogP contribution is 2.29.